The Balaban J connectivity index is 2.28. The van der Waals surface area contributed by atoms with Crippen LogP contribution < -0.4 is 4.72 Å². The zero-order valence-corrected chi connectivity index (χ0v) is 12.4. The molecule has 21 heavy (non-hydrogen) atoms. The lowest BCUT2D eigenvalue weighted by Gasteiger charge is -2.10. The van der Waals surface area contributed by atoms with E-state index in [1.165, 1.54) is 6.20 Å². The van der Waals surface area contributed by atoms with Crippen LogP contribution in [0, 0.1) is 13.8 Å². The minimum atomic E-state index is -3.79. The van der Waals surface area contributed by atoms with Gasteiger partial charge >= 0.3 is 5.97 Å². The summed E-state index contributed by atoms with van der Waals surface area (Å²) in [5, 5.41) is 12.4. The van der Waals surface area contributed by atoms with E-state index in [9.17, 15) is 13.2 Å². The van der Waals surface area contributed by atoms with Crippen molar-refractivity contribution in [3.8, 4) is 0 Å². The van der Waals surface area contributed by atoms with Crippen molar-refractivity contribution in [2.24, 2.45) is 0 Å². The van der Waals surface area contributed by atoms with Gasteiger partial charge in [-0.1, -0.05) is 12.1 Å². The first-order valence-electron chi connectivity index (χ1n) is 6.13. The highest BCUT2D eigenvalue weighted by molar-refractivity contribution is 7.92. The highest BCUT2D eigenvalue weighted by atomic mass is 32.2. The monoisotopic (exact) mass is 309 g/mol. The number of aromatic nitrogens is 2. The van der Waals surface area contributed by atoms with Gasteiger partial charge in [0, 0.05) is 6.20 Å². The van der Waals surface area contributed by atoms with E-state index in [1.54, 1.807) is 12.1 Å². The number of rotatable bonds is 5. The maximum absolute atomic E-state index is 12.3. The Morgan fingerprint density at radius 2 is 2.10 bits per heavy atom. The van der Waals surface area contributed by atoms with Gasteiger partial charge in [-0.05, 0) is 31.0 Å². The van der Waals surface area contributed by atoms with E-state index in [0.717, 1.165) is 22.0 Å². The van der Waals surface area contributed by atoms with E-state index >= 15 is 0 Å². The van der Waals surface area contributed by atoms with Gasteiger partial charge in [0.25, 0.3) is 10.0 Å². The quantitative estimate of drug-likeness (QED) is 0.869. The molecule has 0 amide bonds. The Morgan fingerprint density at radius 3 is 2.76 bits per heavy atom. The van der Waals surface area contributed by atoms with Gasteiger partial charge in [-0.3, -0.25) is 14.2 Å². The standard InChI is InChI=1S/C13H15N3O4S/c1-9-4-3-5-12(10(9)2)15-21(19,20)11-6-14-16(7-11)8-13(17)18/h3-7,15H,8H2,1-2H3,(H,17,18). The van der Waals surface area contributed by atoms with Crippen molar-refractivity contribution in [2.75, 3.05) is 4.72 Å². The Morgan fingerprint density at radius 1 is 1.38 bits per heavy atom. The first-order valence-corrected chi connectivity index (χ1v) is 7.61. The third-order valence-electron chi connectivity index (χ3n) is 3.07. The number of sulfonamides is 1. The summed E-state index contributed by atoms with van der Waals surface area (Å²) in [5.41, 5.74) is 2.29. The summed E-state index contributed by atoms with van der Waals surface area (Å²) < 4.78 is 28.0. The Bertz CT molecular complexity index is 780. The normalized spacial score (nSPS) is 11.3. The molecule has 1 heterocycles. The summed E-state index contributed by atoms with van der Waals surface area (Å²) >= 11 is 0. The van der Waals surface area contributed by atoms with E-state index < -0.39 is 16.0 Å². The van der Waals surface area contributed by atoms with Crippen molar-refractivity contribution in [3.05, 3.63) is 41.7 Å². The number of nitrogens with zero attached hydrogens (tertiary/aromatic N) is 2. The van der Waals surface area contributed by atoms with Crippen LogP contribution in [0.2, 0.25) is 0 Å². The molecule has 0 fully saturated rings. The fourth-order valence-corrected chi connectivity index (χ4v) is 2.85. The molecule has 2 rings (SSSR count). The van der Waals surface area contributed by atoms with Crippen molar-refractivity contribution >= 4 is 21.7 Å². The van der Waals surface area contributed by atoms with E-state index in [0.29, 0.717) is 5.69 Å². The maximum atomic E-state index is 12.3. The number of aryl methyl sites for hydroxylation is 1. The molecule has 0 radical (unpaired) electrons. The molecule has 0 aliphatic rings. The first-order chi connectivity index (χ1) is 9.79. The Hall–Kier alpha value is -2.35. The highest BCUT2D eigenvalue weighted by Gasteiger charge is 2.18. The molecule has 1 aromatic heterocycles. The number of hydrogen-bond acceptors (Lipinski definition) is 4. The highest BCUT2D eigenvalue weighted by Crippen LogP contribution is 2.21. The summed E-state index contributed by atoms with van der Waals surface area (Å²) in [6.45, 7) is 3.32. The van der Waals surface area contributed by atoms with Gasteiger partial charge in [-0.2, -0.15) is 5.10 Å². The summed E-state index contributed by atoms with van der Waals surface area (Å²) in [6.07, 6.45) is 2.30. The number of nitrogens with one attached hydrogen (secondary N) is 1. The fourth-order valence-electron chi connectivity index (χ4n) is 1.77. The van der Waals surface area contributed by atoms with Gasteiger partial charge in [0.2, 0.25) is 0 Å². The second kappa shape index (κ2) is 5.57. The second-order valence-corrected chi connectivity index (χ2v) is 6.30. The van der Waals surface area contributed by atoms with E-state index in [2.05, 4.69) is 9.82 Å². The van der Waals surface area contributed by atoms with Gasteiger partial charge in [0.1, 0.15) is 11.4 Å². The molecule has 0 atom stereocenters. The van der Waals surface area contributed by atoms with Crippen LogP contribution >= 0.6 is 0 Å². The molecule has 2 N–H and O–H groups in total. The van der Waals surface area contributed by atoms with Gasteiger partial charge < -0.3 is 5.11 Å². The summed E-state index contributed by atoms with van der Waals surface area (Å²) in [5.74, 6) is -1.09. The molecule has 1 aromatic carbocycles. The van der Waals surface area contributed by atoms with E-state index in [1.807, 2.05) is 19.9 Å². The molecule has 0 unspecified atom stereocenters. The molecule has 0 saturated carbocycles. The lowest BCUT2D eigenvalue weighted by molar-refractivity contribution is -0.137. The zero-order chi connectivity index (χ0) is 15.6. The van der Waals surface area contributed by atoms with Crippen LogP contribution in [0.1, 0.15) is 11.1 Å². The number of carboxylic acid groups (broad SMARTS) is 1. The lowest BCUT2D eigenvalue weighted by atomic mass is 10.1. The predicted octanol–water partition coefficient (Wildman–Crippen LogP) is 1.39. The molecule has 0 aliphatic carbocycles. The van der Waals surface area contributed by atoms with E-state index in [-0.39, 0.29) is 11.4 Å². The molecule has 8 heteroatoms. The molecule has 0 saturated heterocycles. The molecule has 112 valence electrons. The number of benzene rings is 1. The zero-order valence-electron chi connectivity index (χ0n) is 11.6. The lowest BCUT2D eigenvalue weighted by Crippen LogP contribution is -2.14. The molecule has 0 aliphatic heterocycles. The molecule has 7 nitrogen and oxygen atoms in total. The fraction of sp³-hybridized carbons (Fsp3) is 0.231. The van der Waals surface area contributed by atoms with Gasteiger partial charge in [-0.25, -0.2) is 8.42 Å². The van der Waals surface area contributed by atoms with Gasteiger partial charge in [0.05, 0.1) is 11.9 Å². The summed E-state index contributed by atoms with van der Waals surface area (Å²) in [4.78, 5) is 10.5. The summed E-state index contributed by atoms with van der Waals surface area (Å²) in [7, 11) is -3.79. The van der Waals surface area contributed by atoms with Crippen LogP contribution in [0.15, 0.2) is 35.5 Å². The van der Waals surface area contributed by atoms with Crippen molar-refractivity contribution in [2.45, 2.75) is 25.3 Å². The Labute approximate surface area is 122 Å². The maximum Gasteiger partial charge on any atom is 0.325 e. The average Bonchev–Trinajstić information content (AvgIpc) is 2.83. The second-order valence-electron chi connectivity index (χ2n) is 4.62. The van der Waals surface area contributed by atoms with Crippen molar-refractivity contribution < 1.29 is 18.3 Å². The number of anilines is 1. The third kappa shape index (κ3) is 3.40. The molecule has 0 bridgehead atoms. The topological polar surface area (TPSA) is 101 Å². The van der Waals surface area contributed by atoms with Crippen LogP contribution in [0.5, 0.6) is 0 Å². The van der Waals surface area contributed by atoms with Crippen molar-refractivity contribution in [3.63, 3.8) is 0 Å². The number of carbonyl (C=O) groups is 1. The smallest absolute Gasteiger partial charge is 0.325 e. The average molecular weight is 309 g/mol. The van der Waals surface area contributed by atoms with Gasteiger partial charge in [-0.15, -0.1) is 0 Å². The Kier molecular flexibility index (Phi) is 3.99. The van der Waals surface area contributed by atoms with Crippen LogP contribution in [-0.2, 0) is 21.4 Å². The molecule has 0 spiro atoms. The van der Waals surface area contributed by atoms with Crippen molar-refractivity contribution in [1.29, 1.82) is 0 Å². The third-order valence-corrected chi connectivity index (χ3v) is 4.39. The summed E-state index contributed by atoms with van der Waals surface area (Å²) in [6, 6.07) is 5.31. The largest absolute Gasteiger partial charge is 0.480 e. The van der Waals surface area contributed by atoms with Crippen molar-refractivity contribution in [1.82, 2.24) is 9.78 Å². The number of hydrogen-bond donors (Lipinski definition) is 2. The molecular formula is C13H15N3O4S. The molecular weight excluding hydrogens is 294 g/mol. The first kappa shape index (κ1) is 15.0. The molecule has 2 aromatic rings. The number of aliphatic carboxylic acids is 1. The minimum Gasteiger partial charge on any atom is -0.480 e. The van der Waals surface area contributed by atoms with Crippen LogP contribution in [0.25, 0.3) is 0 Å². The van der Waals surface area contributed by atoms with E-state index in [4.69, 9.17) is 5.11 Å². The predicted molar refractivity (Wildman–Crippen MR) is 76.6 cm³/mol. The van der Waals surface area contributed by atoms with Crippen LogP contribution in [0.4, 0.5) is 5.69 Å². The number of carboxylic acids is 1. The van der Waals surface area contributed by atoms with Crippen LogP contribution in [0.3, 0.4) is 0 Å². The SMILES string of the molecule is Cc1cccc(NS(=O)(=O)c2cnn(CC(=O)O)c2)c1C. The minimum absolute atomic E-state index is 0.0790. The van der Waals surface area contributed by atoms with Crippen LogP contribution in [-0.4, -0.2) is 29.3 Å². The van der Waals surface area contributed by atoms with Gasteiger partial charge in [0.15, 0.2) is 0 Å².